The molecule has 128 valence electrons. The van der Waals surface area contributed by atoms with Crippen LogP contribution in [0.5, 0.6) is 5.75 Å². The number of hydrogen-bond donors (Lipinski definition) is 0. The number of rotatable bonds is 5. The number of benzene rings is 1. The first kappa shape index (κ1) is 16.2. The Morgan fingerprint density at radius 1 is 1.19 bits per heavy atom. The molecule has 26 heavy (non-hydrogen) atoms. The van der Waals surface area contributed by atoms with E-state index in [2.05, 4.69) is 21.6 Å². The molecule has 3 heterocycles. The van der Waals surface area contributed by atoms with Crippen LogP contribution in [-0.4, -0.2) is 26.2 Å². The summed E-state index contributed by atoms with van der Waals surface area (Å²) in [6.45, 7) is 4.05. The standard InChI is InChI=1S/C19H14N4O2S/c1-2-11-25-15-6-4-3-5-14(15)12-16-18(24)23-19(26-16)21-17(22-23)13-7-9-20-10-8-13/h2-10,12H,1,11H2/b16-12-. The predicted octanol–water partition coefficient (Wildman–Crippen LogP) is 2.33. The summed E-state index contributed by atoms with van der Waals surface area (Å²) in [7, 11) is 0. The van der Waals surface area contributed by atoms with Gasteiger partial charge in [0.2, 0.25) is 4.96 Å². The van der Waals surface area contributed by atoms with Crippen LogP contribution in [0.2, 0.25) is 0 Å². The summed E-state index contributed by atoms with van der Waals surface area (Å²) in [4.78, 5) is 21.7. The minimum absolute atomic E-state index is 0.198. The van der Waals surface area contributed by atoms with E-state index in [0.29, 0.717) is 27.7 Å². The second-order valence-corrected chi connectivity index (χ2v) is 6.43. The van der Waals surface area contributed by atoms with E-state index in [1.165, 1.54) is 15.9 Å². The Balaban J connectivity index is 1.78. The molecule has 0 radical (unpaired) electrons. The molecule has 0 aliphatic heterocycles. The zero-order valence-electron chi connectivity index (χ0n) is 13.7. The van der Waals surface area contributed by atoms with Crippen molar-refractivity contribution in [3.8, 4) is 17.1 Å². The van der Waals surface area contributed by atoms with Gasteiger partial charge in [0.25, 0.3) is 5.56 Å². The molecule has 0 bridgehead atoms. The Hall–Kier alpha value is -3.32. The number of thiazole rings is 1. The molecule has 0 N–H and O–H groups in total. The summed E-state index contributed by atoms with van der Waals surface area (Å²) in [5.41, 5.74) is 1.45. The minimum Gasteiger partial charge on any atom is -0.489 e. The average molecular weight is 362 g/mol. The van der Waals surface area contributed by atoms with E-state index < -0.39 is 0 Å². The van der Waals surface area contributed by atoms with E-state index in [1.807, 2.05) is 36.4 Å². The van der Waals surface area contributed by atoms with Gasteiger partial charge in [-0.05, 0) is 24.3 Å². The quantitative estimate of drug-likeness (QED) is 0.510. The Bertz CT molecular complexity index is 1180. The molecule has 0 amide bonds. The predicted molar refractivity (Wildman–Crippen MR) is 101 cm³/mol. The summed E-state index contributed by atoms with van der Waals surface area (Å²) in [6.07, 6.45) is 6.82. The van der Waals surface area contributed by atoms with Gasteiger partial charge in [-0.2, -0.15) is 9.50 Å². The topological polar surface area (TPSA) is 69.4 Å². The van der Waals surface area contributed by atoms with Crippen molar-refractivity contribution in [1.82, 2.24) is 19.6 Å². The average Bonchev–Trinajstić information content (AvgIpc) is 3.22. The molecule has 4 rings (SSSR count). The first-order valence-corrected chi connectivity index (χ1v) is 8.72. The molecule has 6 nitrogen and oxygen atoms in total. The highest BCUT2D eigenvalue weighted by Crippen LogP contribution is 2.19. The van der Waals surface area contributed by atoms with Crippen LogP contribution in [0.1, 0.15) is 5.56 Å². The Kier molecular flexibility index (Phi) is 4.28. The van der Waals surface area contributed by atoms with E-state index in [4.69, 9.17) is 4.74 Å². The molecule has 0 spiro atoms. The van der Waals surface area contributed by atoms with E-state index in [0.717, 1.165) is 11.1 Å². The molecule has 4 aromatic rings. The molecule has 0 fully saturated rings. The van der Waals surface area contributed by atoms with Crippen molar-refractivity contribution < 1.29 is 4.74 Å². The molecule has 0 atom stereocenters. The van der Waals surface area contributed by atoms with Gasteiger partial charge in [0.1, 0.15) is 12.4 Å². The fourth-order valence-corrected chi connectivity index (χ4v) is 3.38. The van der Waals surface area contributed by atoms with Crippen LogP contribution < -0.4 is 14.8 Å². The number of aromatic nitrogens is 4. The summed E-state index contributed by atoms with van der Waals surface area (Å²) in [6, 6.07) is 11.2. The fraction of sp³-hybridized carbons (Fsp3) is 0.0526. The molecular formula is C19H14N4O2S. The van der Waals surface area contributed by atoms with E-state index >= 15 is 0 Å². The maximum Gasteiger partial charge on any atom is 0.291 e. The minimum atomic E-state index is -0.198. The van der Waals surface area contributed by atoms with Gasteiger partial charge in [-0.25, -0.2) is 0 Å². The number of hydrogen-bond acceptors (Lipinski definition) is 6. The maximum atomic E-state index is 12.7. The molecule has 0 unspecified atom stereocenters. The molecule has 0 saturated heterocycles. The summed E-state index contributed by atoms with van der Waals surface area (Å²) in [5, 5.41) is 4.33. The number of nitrogens with zero attached hydrogens (tertiary/aromatic N) is 4. The van der Waals surface area contributed by atoms with Crippen molar-refractivity contribution in [2.45, 2.75) is 0 Å². The van der Waals surface area contributed by atoms with Gasteiger partial charge >= 0.3 is 0 Å². The smallest absolute Gasteiger partial charge is 0.291 e. The van der Waals surface area contributed by atoms with Crippen LogP contribution in [0.25, 0.3) is 22.4 Å². The molecule has 0 aliphatic carbocycles. The van der Waals surface area contributed by atoms with E-state index in [1.54, 1.807) is 24.5 Å². The maximum absolute atomic E-state index is 12.7. The summed E-state index contributed by atoms with van der Waals surface area (Å²) < 4.78 is 7.52. The molecule has 0 aliphatic rings. The number of para-hydroxylation sites is 1. The number of fused-ring (bicyclic) bond motifs is 1. The Labute approximate surface area is 152 Å². The van der Waals surface area contributed by atoms with Gasteiger partial charge in [0.15, 0.2) is 5.82 Å². The number of pyridine rings is 1. The van der Waals surface area contributed by atoms with Crippen LogP contribution in [0.4, 0.5) is 0 Å². The summed E-state index contributed by atoms with van der Waals surface area (Å²) in [5.74, 6) is 1.21. The zero-order valence-corrected chi connectivity index (χ0v) is 14.5. The van der Waals surface area contributed by atoms with E-state index in [-0.39, 0.29) is 5.56 Å². The normalized spacial score (nSPS) is 11.8. The lowest BCUT2D eigenvalue weighted by Crippen LogP contribution is -2.23. The van der Waals surface area contributed by atoms with Gasteiger partial charge < -0.3 is 4.74 Å². The zero-order chi connectivity index (χ0) is 17.9. The van der Waals surface area contributed by atoms with E-state index in [9.17, 15) is 4.79 Å². The van der Waals surface area contributed by atoms with Crippen LogP contribution in [0.3, 0.4) is 0 Å². The second kappa shape index (κ2) is 6.89. The lowest BCUT2D eigenvalue weighted by atomic mass is 10.2. The van der Waals surface area contributed by atoms with Crippen LogP contribution in [0.15, 0.2) is 66.2 Å². The lowest BCUT2D eigenvalue weighted by Gasteiger charge is -2.05. The van der Waals surface area contributed by atoms with Gasteiger partial charge in [0.05, 0.1) is 4.53 Å². The molecule has 0 saturated carbocycles. The van der Waals surface area contributed by atoms with Crippen LogP contribution in [0, 0.1) is 0 Å². The summed E-state index contributed by atoms with van der Waals surface area (Å²) >= 11 is 1.30. The first-order chi connectivity index (χ1) is 12.8. The highest BCUT2D eigenvalue weighted by atomic mass is 32.1. The number of ether oxygens (including phenoxy) is 1. The fourth-order valence-electron chi connectivity index (χ4n) is 2.48. The molecule has 7 heteroatoms. The SMILES string of the molecule is C=CCOc1ccccc1/C=c1\sc2nc(-c3ccncc3)nn2c1=O. The van der Waals surface area contributed by atoms with Crippen molar-refractivity contribution in [3.63, 3.8) is 0 Å². The van der Waals surface area contributed by atoms with Crippen molar-refractivity contribution in [2.24, 2.45) is 0 Å². The van der Waals surface area contributed by atoms with Gasteiger partial charge in [-0.3, -0.25) is 9.78 Å². The molecular weight excluding hydrogens is 348 g/mol. The van der Waals surface area contributed by atoms with Crippen LogP contribution >= 0.6 is 11.3 Å². The van der Waals surface area contributed by atoms with Crippen LogP contribution in [-0.2, 0) is 0 Å². The second-order valence-electron chi connectivity index (χ2n) is 5.42. The van der Waals surface area contributed by atoms with Gasteiger partial charge in [-0.1, -0.05) is 42.2 Å². The molecule has 3 aromatic heterocycles. The van der Waals surface area contributed by atoms with Gasteiger partial charge in [-0.15, -0.1) is 5.10 Å². The van der Waals surface area contributed by atoms with Crippen molar-refractivity contribution in [1.29, 1.82) is 0 Å². The van der Waals surface area contributed by atoms with Crippen molar-refractivity contribution in [3.05, 3.63) is 81.9 Å². The Morgan fingerprint density at radius 2 is 2.00 bits per heavy atom. The molecule has 1 aromatic carbocycles. The monoisotopic (exact) mass is 362 g/mol. The Morgan fingerprint density at radius 3 is 2.77 bits per heavy atom. The van der Waals surface area contributed by atoms with Crippen molar-refractivity contribution in [2.75, 3.05) is 6.61 Å². The third-order valence-corrected chi connectivity index (χ3v) is 4.64. The first-order valence-electron chi connectivity index (χ1n) is 7.90. The highest BCUT2D eigenvalue weighted by molar-refractivity contribution is 7.15. The largest absolute Gasteiger partial charge is 0.489 e. The third-order valence-electron chi connectivity index (χ3n) is 3.68. The lowest BCUT2D eigenvalue weighted by molar-refractivity contribution is 0.362. The highest BCUT2D eigenvalue weighted by Gasteiger charge is 2.12. The third kappa shape index (κ3) is 3.00. The van der Waals surface area contributed by atoms with Gasteiger partial charge in [0, 0.05) is 23.5 Å². The van der Waals surface area contributed by atoms with Crippen molar-refractivity contribution >= 4 is 22.4 Å².